The zero-order valence-electron chi connectivity index (χ0n) is 13.3. The molecular formula is C18H15ClFN3O2. The molecule has 0 saturated heterocycles. The Morgan fingerprint density at radius 3 is 2.76 bits per heavy atom. The van der Waals surface area contributed by atoms with Crippen molar-refractivity contribution in [1.82, 2.24) is 14.9 Å². The molecule has 0 unspecified atom stereocenters. The lowest BCUT2D eigenvalue weighted by atomic mass is 10.0. The van der Waals surface area contributed by atoms with Crippen molar-refractivity contribution in [3.8, 4) is 5.75 Å². The molecule has 25 heavy (non-hydrogen) atoms. The highest BCUT2D eigenvalue weighted by atomic mass is 35.5. The smallest absolute Gasteiger partial charge is 0.252 e. The number of imidazole rings is 1. The molecule has 1 heterocycles. The van der Waals surface area contributed by atoms with Crippen LogP contribution < -0.4 is 5.32 Å². The van der Waals surface area contributed by atoms with Gasteiger partial charge in [-0.25, -0.2) is 9.37 Å². The molecule has 0 aliphatic heterocycles. The van der Waals surface area contributed by atoms with Crippen molar-refractivity contribution in [1.29, 1.82) is 0 Å². The number of aromatic nitrogens is 2. The standard InChI is InChI=1S/C18H15ClFN3O2/c1-23-8-7-21-17(23)16(11-3-2-4-13(20)9-11)22-18(25)12-5-6-15(24)14(19)10-12/h2-10,16,24H,1H3,(H,22,25)/t16-/m0/s1. The highest BCUT2D eigenvalue weighted by Gasteiger charge is 2.22. The topological polar surface area (TPSA) is 67.2 Å². The fourth-order valence-electron chi connectivity index (χ4n) is 2.50. The van der Waals surface area contributed by atoms with Gasteiger partial charge in [-0.05, 0) is 35.9 Å². The number of aromatic hydroxyl groups is 1. The van der Waals surface area contributed by atoms with Crippen LogP contribution in [0.4, 0.5) is 4.39 Å². The number of carbonyl (C=O) groups is 1. The Morgan fingerprint density at radius 1 is 1.32 bits per heavy atom. The normalized spacial score (nSPS) is 12.0. The molecule has 128 valence electrons. The predicted molar refractivity (Wildman–Crippen MR) is 92.0 cm³/mol. The van der Waals surface area contributed by atoms with Crippen LogP contribution in [0.25, 0.3) is 0 Å². The zero-order chi connectivity index (χ0) is 18.0. The van der Waals surface area contributed by atoms with Crippen LogP contribution in [0.15, 0.2) is 54.9 Å². The Balaban J connectivity index is 1.96. The molecule has 0 saturated carbocycles. The van der Waals surface area contributed by atoms with Crippen LogP contribution in [0.1, 0.15) is 27.8 Å². The zero-order valence-corrected chi connectivity index (χ0v) is 14.0. The Morgan fingerprint density at radius 2 is 2.12 bits per heavy atom. The number of rotatable bonds is 4. The third-order valence-corrected chi connectivity index (χ3v) is 4.09. The van der Waals surface area contributed by atoms with Crippen molar-refractivity contribution >= 4 is 17.5 Å². The number of nitrogens with zero attached hydrogens (tertiary/aromatic N) is 2. The van der Waals surface area contributed by atoms with Gasteiger partial charge in [0.1, 0.15) is 23.4 Å². The van der Waals surface area contributed by atoms with Crippen LogP contribution in [0.2, 0.25) is 5.02 Å². The average molecular weight is 360 g/mol. The Kier molecular flexibility index (Phi) is 4.72. The van der Waals surface area contributed by atoms with E-state index >= 15 is 0 Å². The quantitative estimate of drug-likeness (QED) is 0.750. The molecule has 2 aromatic carbocycles. The first-order valence-corrected chi connectivity index (χ1v) is 7.85. The van der Waals surface area contributed by atoms with Crippen LogP contribution in [-0.2, 0) is 7.05 Å². The van der Waals surface area contributed by atoms with Gasteiger partial charge in [0.2, 0.25) is 0 Å². The number of halogens is 2. The van der Waals surface area contributed by atoms with Crippen LogP contribution in [0.5, 0.6) is 5.75 Å². The molecule has 0 aliphatic rings. The summed E-state index contributed by atoms with van der Waals surface area (Å²) in [4.78, 5) is 16.9. The van der Waals surface area contributed by atoms with Crippen LogP contribution >= 0.6 is 11.6 Å². The lowest BCUT2D eigenvalue weighted by Crippen LogP contribution is -2.31. The van der Waals surface area contributed by atoms with Crippen LogP contribution in [-0.4, -0.2) is 20.6 Å². The van der Waals surface area contributed by atoms with Crippen LogP contribution in [0, 0.1) is 5.82 Å². The molecule has 1 atom stereocenters. The van der Waals surface area contributed by atoms with E-state index in [0.717, 1.165) is 0 Å². The number of hydrogen-bond donors (Lipinski definition) is 2. The molecule has 5 nitrogen and oxygen atoms in total. The number of nitrogens with one attached hydrogen (secondary N) is 1. The fourth-order valence-corrected chi connectivity index (χ4v) is 2.68. The number of carbonyl (C=O) groups excluding carboxylic acids is 1. The predicted octanol–water partition coefficient (Wildman–Crippen LogP) is 3.44. The van der Waals surface area contributed by atoms with Crippen molar-refractivity contribution in [2.24, 2.45) is 7.05 Å². The number of phenols is 1. The van der Waals surface area contributed by atoms with Gasteiger partial charge in [-0.15, -0.1) is 0 Å². The van der Waals surface area contributed by atoms with Gasteiger partial charge in [-0.1, -0.05) is 23.7 Å². The third-order valence-electron chi connectivity index (χ3n) is 3.78. The van der Waals surface area contributed by atoms with E-state index < -0.39 is 17.8 Å². The van der Waals surface area contributed by atoms with Crippen molar-refractivity contribution in [2.45, 2.75) is 6.04 Å². The number of amides is 1. The Hall–Kier alpha value is -2.86. The molecule has 3 aromatic rings. The van der Waals surface area contributed by atoms with Gasteiger partial charge in [0.05, 0.1) is 5.02 Å². The summed E-state index contributed by atoms with van der Waals surface area (Å²) < 4.78 is 15.4. The summed E-state index contributed by atoms with van der Waals surface area (Å²) >= 11 is 5.86. The van der Waals surface area contributed by atoms with Gasteiger partial charge in [-0.2, -0.15) is 0 Å². The van der Waals surface area contributed by atoms with Crippen LogP contribution in [0.3, 0.4) is 0 Å². The largest absolute Gasteiger partial charge is 0.506 e. The Labute approximate surface area is 148 Å². The summed E-state index contributed by atoms with van der Waals surface area (Å²) in [6.07, 6.45) is 3.34. The highest BCUT2D eigenvalue weighted by Crippen LogP contribution is 2.25. The molecule has 2 N–H and O–H groups in total. The average Bonchev–Trinajstić information content (AvgIpc) is 3.00. The van der Waals surface area contributed by atoms with E-state index in [9.17, 15) is 14.3 Å². The Bertz CT molecular complexity index is 926. The molecular weight excluding hydrogens is 345 g/mol. The van der Waals surface area contributed by atoms with E-state index in [4.69, 9.17) is 11.6 Å². The monoisotopic (exact) mass is 359 g/mol. The van der Waals surface area contributed by atoms with E-state index in [2.05, 4.69) is 10.3 Å². The minimum absolute atomic E-state index is 0.0759. The third kappa shape index (κ3) is 3.64. The van der Waals surface area contributed by atoms with Crippen molar-refractivity contribution < 1.29 is 14.3 Å². The number of aryl methyl sites for hydroxylation is 1. The summed E-state index contributed by atoms with van der Waals surface area (Å²) in [6, 6.07) is 9.50. The SMILES string of the molecule is Cn1ccnc1[C@@H](NC(=O)c1ccc(O)c(Cl)c1)c1cccc(F)c1. The second-order valence-electron chi connectivity index (χ2n) is 5.52. The maximum atomic E-state index is 13.6. The summed E-state index contributed by atoms with van der Waals surface area (Å²) in [5, 5.41) is 12.4. The van der Waals surface area contributed by atoms with E-state index in [1.807, 2.05) is 0 Å². The van der Waals surface area contributed by atoms with Crippen molar-refractivity contribution in [3.63, 3.8) is 0 Å². The summed E-state index contributed by atoms with van der Waals surface area (Å²) in [6.45, 7) is 0. The molecule has 0 bridgehead atoms. The van der Waals surface area contributed by atoms with Gasteiger partial charge >= 0.3 is 0 Å². The fraction of sp³-hybridized carbons (Fsp3) is 0.111. The second kappa shape index (κ2) is 6.94. The molecule has 1 amide bonds. The van der Waals surface area contributed by atoms with E-state index in [1.165, 1.54) is 30.3 Å². The first-order chi connectivity index (χ1) is 12.0. The maximum Gasteiger partial charge on any atom is 0.252 e. The van der Waals surface area contributed by atoms with Crippen molar-refractivity contribution in [3.05, 3.63) is 82.6 Å². The molecule has 0 spiro atoms. The molecule has 7 heteroatoms. The van der Waals surface area contributed by atoms with E-state index in [1.54, 1.807) is 36.1 Å². The van der Waals surface area contributed by atoms with Gasteiger partial charge in [0.25, 0.3) is 5.91 Å². The van der Waals surface area contributed by atoms with Gasteiger partial charge in [0.15, 0.2) is 0 Å². The number of phenolic OH excluding ortho intramolecular Hbond substituents is 1. The highest BCUT2D eigenvalue weighted by molar-refractivity contribution is 6.32. The molecule has 0 aliphatic carbocycles. The maximum absolute atomic E-state index is 13.6. The molecule has 1 aromatic heterocycles. The van der Waals surface area contributed by atoms with E-state index in [0.29, 0.717) is 11.4 Å². The first-order valence-electron chi connectivity index (χ1n) is 7.48. The molecule has 0 radical (unpaired) electrons. The van der Waals surface area contributed by atoms with Gasteiger partial charge < -0.3 is 15.0 Å². The second-order valence-corrected chi connectivity index (χ2v) is 5.93. The van der Waals surface area contributed by atoms with Gasteiger partial charge in [-0.3, -0.25) is 4.79 Å². The minimum Gasteiger partial charge on any atom is -0.506 e. The van der Waals surface area contributed by atoms with E-state index in [-0.39, 0.29) is 16.3 Å². The summed E-state index contributed by atoms with van der Waals surface area (Å²) in [5.41, 5.74) is 0.839. The summed E-state index contributed by atoms with van der Waals surface area (Å²) in [7, 11) is 1.79. The lowest BCUT2D eigenvalue weighted by molar-refractivity contribution is 0.0941. The molecule has 3 rings (SSSR count). The number of hydrogen-bond acceptors (Lipinski definition) is 3. The minimum atomic E-state index is -0.643. The lowest BCUT2D eigenvalue weighted by Gasteiger charge is -2.19. The van der Waals surface area contributed by atoms with Gasteiger partial charge in [0, 0.05) is 25.0 Å². The number of benzene rings is 2. The first kappa shape index (κ1) is 17.0. The van der Waals surface area contributed by atoms with Crippen molar-refractivity contribution in [2.75, 3.05) is 0 Å². The summed E-state index contributed by atoms with van der Waals surface area (Å²) in [5.74, 6) is -0.370. The molecule has 0 fully saturated rings.